The lowest BCUT2D eigenvalue weighted by molar-refractivity contribution is -0.137. The van der Waals surface area contributed by atoms with Crippen LogP contribution >= 0.6 is 0 Å². The van der Waals surface area contributed by atoms with Crippen molar-refractivity contribution in [2.75, 3.05) is 0 Å². The van der Waals surface area contributed by atoms with Crippen LogP contribution in [0.2, 0.25) is 0 Å². The number of alkyl halides is 3. The zero-order chi connectivity index (χ0) is 12.7. The predicted octanol–water partition coefficient (Wildman–Crippen LogP) is 2.10. The van der Waals surface area contributed by atoms with Crippen molar-refractivity contribution >= 4 is 0 Å². The molecule has 2 rings (SSSR count). The summed E-state index contributed by atoms with van der Waals surface area (Å²) in [6.07, 6.45) is -2.94. The lowest BCUT2D eigenvalue weighted by Gasteiger charge is -2.42. The highest BCUT2D eigenvalue weighted by Crippen LogP contribution is 2.35. The van der Waals surface area contributed by atoms with E-state index in [-0.39, 0.29) is 6.04 Å². The van der Waals surface area contributed by atoms with Gasteiger partial charge in [0.25, 0.3) is 0 Å². The van der Waals surface area contributed by atoms with Gasteiger partial charge in [0, 0.05) is 12.5 Å². The fourth-order valence-electron chi connectivity index (χ4n) is 2.25. The Morgan fingerprint density at radius 3 is 2.18 bits per heavy atom. The fraction of sp³-hybridized carbons (Fsp3) is 0.500. The van der Waals surface area contributed by atoms with Crippen LogP contribution in [0.4, 0.5) is 13.2 Å². The minimum Gasteiger partial charge on any atom is -0.389 e. The average Bonchev–Trinajstić information content (AvgIpc) is 2.14. The smallest absolute Gasteiger partial charge is 0.389 e. The van der Waals surface area contributed by atoms with Crippen LogP contribution in [0.3, 0.4) is 0 Å². The third-order valence-electron chi connectivity index (χ3n) is 3.10. The van der Waals surface area contributed by atoms with E-state index in [9.17, 15) is 18.3 Å². The van der Waals surface area contributed by atoms with Gasteiger partial charge < -0.3 is 10.8 Å². The summed E-state index contributed by atoms with van der Waals surface area (Å²) >= 11 is 0. The van der Waals surface area contributed by atoms with E-state index in [0.29, 0.717) is 24.8 Å². The van der Waals surface area contributed by atoms with Gasteiger partial charge in [-0.25, -0.2) is 0 Å². The molecule has 0 heterocycles. The Bertz CT molecular complexity index is 393. The summed E-state index contributed by atoms with van der Waals surface area (Å²) in [4.78, 5) is 0. The second-order valence-corrected chi connectivity index (χ2v) is 4.76. The van der Waals surface area contributed by atoms with Crippen molar-refractivity contribution in [2.24, 2.45) is 5.73 Å². The number of nitrogens with two attached hydrogens (primary N) is 1. The lowest BCUT2D eigenvalue weighted by atomic mass is 9.72. The zero-order valence-corrected chi connectivity index (χ0v) is 9.17. The van der Waals surface area contributed by atoms with E-state index < -0.39 is 17.3 Å². The summed E-state index contributed by atoms with van der Waals surface area (Å²) < 4.78 is 37.0. The molecule has 0 radical (unpaired) electrons. The highest BCUT2D eigenvalue weighted by Gasteiger charge is 2.40. The highest BCUT2D eigenvalue weighted by atomic mass is 19.4. The van der Waals surface area contributed by atoms with Gasteiger partial charge in [0.15, 0.2) is 0 Å². The summed E-state index contributed by atoms with van der Waals surface area (Å²) in [6, 6.07) is 4.90. The zero-order valence-electron chi connectivity index (χ0n) is 9.17. The van der Waals surface area contributed by atoms with Crippen LogP contribution in [0.25, 0.3) is 0 Å². The van der Waals surface area contributed by atoms with E-state index in [1.807, 2.05) is 0 Å². The number of rotatable bonds is 2. The highest BCUT2D eigenvalue weighted by molar-refractivity contribution is 5.26. The normalized spacial score (nSPS) is 28.9. The van der Waals surface area contributed by atoms with Crippen LogP contribution < -0.4 is 5.73 Å². The van der Waals surface area contributed by atoms with Crippen LogP contribution in [0.5, 0.6) is 0 Å². The van der Waals surface area contributed by atoms with E-state index in [1.165, 1.54) is 12.1 Å². The van der Waals surface area contributed by atoms with E-state index in [1.54, 1.807) is 0 Å². The maximum absolute atomic E-state index is 12.3. The Morgan fingerprint density at radius 2 is 1.76 bits per heavy atom. The van der Waals surface area contributed by atoms with Gasteiger partial charge in [-0.15, -0.1) is 0 Å². The molecule has 5 heteroatoms. The molecule has 0 saturated heterocycles. The molecule has 0 amide bonds. The molecular weight excluding hydrogens is 231 g/mol. The largest absolute Gasteiger partial charge is 0.416 e. The van der Waals surface area contributed by atoms with Crippen molar-refractivity contribution in [3.63, 3.8) is 0 Å². The third kappa shape index (κ3) is 2.79. The Hall–Kier alpha value is -1.07. The van der Waals surface area contributed by atoms with Crippen molar-refractivity contribution < 1.29 is 18.3 Å². The summed E-state index contributed by atoms with van der Waals surface area (Å²) in [5.74, 6) is 0. The first kappa shape index (κ1) is 12.4. The second kappa shape index (κ2) is 3.99. The van der Waals surface area contributed by atoms with Gasteiger partial charge in [-0.1, -0.05) is 12.1 Å². The summed E-state index contributed by atoms with van der Waals surface area (Å²) in [5, 5.41) is 9.96. The van der Waals surface area contributed by atoms with Crippen molar-refractivity contribution in [3.8, 4) is 0 Å². The Balaban J connectivity index is 2.04. The molecule has 1 fully saturated rings. The molecule has 1 aromatic rings. The van der Waals surface area contributed by atoms with E-state index in [4.69, 9.17) is 5.73 Å². The van der Waals surface area contributed by atoms with Crippen molar-refractivity contribution in [1.82, 2.24) is 0 Å². The van der Waals surface area contributed by atoms with Crippen LogP contribution in [-0.2, 0) is 12.6 Å². The molecule has 0 unspecified atom stereocenters. The molecule has 0 atom stereocenters. The molecule has 0 aliphatic heterocycles. The minimum atomic E-state index is -4.31. The SMILES string of the molecule is NC1CC(O)(Cc2ccc(C(F)(F)F)cc2)C1. The van der Waals surface area contributed by atoms with Gasteiger partial charge >= 0.3 is 6.18 Å². The number of hydrogen-bond donors (Lipinski definition) is 2. The first-order chi connectivity index (χ1) is 7.78. The first-order valence-electron chi connectivity index (χ1n) is 5.43. The van der Waals surface area contributed by atoms with Crippen LogP contribution in [0.15, 0.2) is 24.3 Å². The van der Waals surface area contributed by atoms with Gasteiger partial charge in [-0.2, -0.15) is 13.2 Å². The number of hydrogen-bond acceptors (Lipinski definition) is 2. The Morgan fingerprint density at radius 1 is 1.24 bits per heavy atom. The van der Waals surface area contributed by atoms with Crippen molar-refractivity contribution in [1.29, 1.82) is 0 Å². The third-order valence-corrected chi connectivity index (χ3v) is 3.10. The van der Waals surface area contributed by atoms with Crippen molar-refractivity contribution in [2.45, 2.75) is 37.1 Å². The van der Waals surface area contributed by atoms with Gasteiger partial charge in [-0.3, -0.25) is 0 Å². The van der Waals surface area contributed by atoms with Gasteiger partial charge in [0.05, 0.1) is 11.2 Å². The van der Waals surface area contributed by atoms with Gasteiger partial charge in [-0.05, 0) is 30.5 Å². The molecule has 2 nitrogen and oxygen atoms in total. The predicted molar refractivity (Wildman–Crippen MR) is 57.3 cm³/mol. The molecule has 94 valence electrons. The lowest BCUT2D eigenvalue weighted by Crippen LogP contribution is -2.52. The van der Waals surface area contributed by atoms with Gasteiger partial charge in [0.1, 0.15) is 0 Å². The monoisotopic (exact) mass is 245 g/mol. The molecule has 0 aromatic heterocycles. The second-order valence-electron chi connectivity index (χ2n) is 4.76. The van der Waals surface area contributed by atoms with Crippen LogP contribution in [0.1, 0.15) is 24.0 Å². The maximum Gasteiger partial charge on any atom is 0.416 e. The average molecular weight is 245 g/mol. The molecule has 1 aliphatic carbocycles. The molecule has 1 aromatic carbocycles. The molecule has 3 N–H and O–H groups in total. The van der Waals surface area contributed by atoms with E-state index in [2.05, 4.69) is 0 Å². The van der Waals surface area contributed by atoms with Crippen LogP contribution in [-0.4, -0.2) is 16.7 Å². The number of aliphatic hydroxyl groups is 1. The molecular formula is C12H14F3NO. The number of benzene rings is 1. The first-order valence-corrected chi connectivity index (χ1v) is 5.43. The minimum absolute atomic E-state index is 0.00875. The molecule has 0 bridgehead atoms. The maximum atomic E-state index is 12.3. The topological polar surface area (TPSA) is 46.2 Å². The fourth-order valence-corrected chi connectivity index (χ4v) is 2.25. The summed E-state index contributed by atoms with van der Waals surface area (Å²) in [7, 11) is 0. The summed E-state index contributed by atoms with van der Waals surface area (Å²) in [5.41, 5.74) is 4.78. The molecule has 0 spiro atoms. The van der Waals surface area contributed by atoms with E-state index >= 15 is 0 Å². The summed E-state index contributed by atoms with van der Waals surface area (Å²) in [6.45, 7) is 0. The van der Waals surface area contributed by atoms with Crippen molar-refractivity contribution in [3.05, 3.63) is 35.4 Å². The molecule has 1 saturated carbocycles. The standard InChI is InChI=1S/C12H14F3NO/c13-12(14,15)9-3-1-8(2-4-9)5-11(17)6-10(16)7-11/h1-4,10,17H,5-7,16H2. The Kier molecular flexibility index (Phi) is 2.91. The number of halogens is 3. The quantitative estimate of drug-likeness (QED) is 0.838. The molecule has 1 aliphatic rings. The van der Waals surface area contributed by atoms with Crippen LogP contribution in [0, 0.1) is 0 Å². The Labute approximate surface area is 97.2 Å². The molecule has 17 heavy (non-hydrogen) atoms. The van der Waals surface area contributed by atoms with Gasteiger partial charge in [0.2, 0.25) is 0 Å². The van der Waals surface area contributed by atoms with E-state index in [0.717, 1.165) is 12.1 Å².